The number of anilines is 1. The van der Waals surface area contributed by atoms with Crippen molar-refractivity contribution in [3.05, 3.63) is 47.5 Å². The van der Waals surface area contributed by atoms with E-state index in [1.54, 1.807) is 26.0 Å². The monoisotopic (exact) mass is 394 g/mol. The summed E-state index contributed by atoms with van der Waals surface area (Å²) < 4.78 is 11.1. The molecule has 0 aliphatic heterocycles. The van der Waals surface area contributed by atoms with Crippen LogP contribution >= 0.6 is 0 Å². The van der Waals surface area contributed by atoms with E-state index in [1.807, 2.05) is 31.2 Å². The summed E-state index contributed by atoms with van der Waals surface area (Å²) in [6, 6.07) is 7.59. The van der Waals surface area contributed by atoms with E-state index in [-0.39, 0.29) is 17.5 Å². The molecule has 3 aromatic rings. The van der Waals surface area contributed by atoms with Crippen LogP contribution in [0.5, 0.6) is 5.75 Å². The van der Waals surface area contributed by atoms with Gasteiger partial charge in [0, 0.05) is 12.6 Å². The number of aromatic nitrogens is 2. The second-order valence-electron chi connectivity index (χ2n) is 7.99. The summed E-state index contributed by atoms with van der Waals surface area (Å²) in [5.74, 6) is 1.82. The highest BCUT2D eigenvalue weighted by Crippen LogP contribution is 2.40. The van der Waals surface area contributed by atoms with Crippen LogP contribution in [-0.4, -0.2) is 40.5 Å². The Balaban J connectivity index is 1.71. The molecule has 1 saturated carbocycles. The Hall–Kier alpha value is -3.09. The number of hydrogen-bond donors (Lipinski definition) is 1. The van der Waals surface area contributed by atoms with Crippen LogP contribution in [0.4, 0.5) is 5.82 Å². The van der Waals surface area contributed by atoms with Gasteiger partial charge < -0.3 is 19.4 Å². The van der Waals surface area contributed by atoms with E-state index >= 15 is 0 Å². The van der Waals surface area contributed by atoms with Crippen LogP contribution in [0.15, 0.2) is 35.0 Å². The van der Waals surface area contributed by atoms with E-state index in [9.17, 15) is 4.79 Å². The number of ether oxygens (including phenoxy) is 1. The Kier molecular flexibility index (Phi) is 4.68. The summed E-state index contributed by atoms with van der Waals surface area (Å²) in [5, 5.41) is 4.11. The molecular formula is C22H26N4O3. The molecule has 7 heteroatoms. The lowest BCUT2D eigenvalue weighted by Crippen LogP contribution is -2.30. The molecule has 1 aliphatic rings. The lowest BCUT2D eigenvalue weighted by molar-refractivity contribution is 0.0742. The molecule has 1 aliphatic carbocycles. The van der Waals surface area contributed by atoms with Crippen LogP contribution in [0.1, 0.15) is 54.4 Å². The molecule has 2 aromatic heterocycles. The van der Waals surface area contributed by atoms with Crippen LogP contribution < -0.4 is 10.1 Å². The smallest absolute Gasteiger partial charge is 0.258 e. The van der Waals surface area contributed by atoms with E-state index in [2.05, 4.69) is 22.2 Å². The number of nitrogens with zero attached hydrogens (tertiary/aromatic N) is 3. The zero-order chi connectivity index (χ0) is 20.8. The van der Waals surface area contributed by atoms with Gasteiger partial charge in [-0.15, -0.1) is 0 Å². The molecule has 1 fully saturated rings. The fourth-order valence-corrected chi connectivity index (χ4v) is 3.47. The number of fused-ring (bicyclic) bond motifs is 1. The van der Waals surface area contributed by atoms with Crippen molar-refractivity contribution >= 4 is 22.8 Å². The van der Waals surface area contributed by atoms with Crippen molar-refractivity contribution in [2.75, 3.05) is 19.5 Å². The number of rotatable bonds is 6. The maximum atomic E-state index is 13.5. The average molecular weight is 394 g/mol. The van der Waals surface area contributed by atoms with Crippen LogP contribution in [0.25, 0.3) is 11.1 Å². The van der Waals surface area contributed by atoms with Gasteiger partial charge in [-0.05, 0) is 51.3 Å². The first-order valence-corrected chi connectivity index (χ1v) is 9.76. The maximum absolute atomic E-state index is 13.5. The number of methoxy groups -OCH3 is 1. The third-order valence-electron chi connectivity index (χ3n) is 5.78. The minimum absolute atomic E-state index is 0.0204. The Bertz CT molecular complexity index is 1070. The molecule has 7 nitrogen and oxygen atoms in total. The molecule has 0 saturated heterocycles. The fourth-order valence-electron chi connectivity index (χ4n) is 3.47. The zero-order valence-electron chi connectivity index (χ0n) is 17.4. The summed E-state index contributed by atoms with van der Waals surface area (Å²) in [4.78, 5) is 23.8. The van der Waals surface area contributed by atoms with Gasteiger partial charge in [-0.1, -0.05) is 12.1 Å². The summed E-state index contributed by atoms with van der Waals surface area (Å²) in [6.07, 6.45) is 3.62. The Labute approximate surface area is 170 Å². The molecule has 2 heterocycles. The van der Waals surface area contributed by atoms with E-state index < -0.39 is 0 Å². The summed E-state index contributed by atoms with van der Waals surface area (Å²) >= 11 is 0. The topological polar surface area (TPSA) is 80.5 Å². The van der Waals surface area contributed by atoms with Crippen LogP contribution in [0.3, 0.4) is 0 Å². The quantitative estimate of drug-likeness (QED) is 0.670. The molecular weight excluding hydrogens is 368 g/mol. The number of hydrogen-bond acceptors (Lipinski definition) is 6. The molecule has 4 rings (SSSR count). The molecule has 1 atom stereocenters. The van der Waals surface area contributed by atoms with E-state index in [0.29, 0.717) is 28.2 Å². The largest absolute Gasteiger partial charge is 0.497 e. The second-order valence-corrected chi connectivity index (χ2v) is 7.99. The second kappa shape index (κ2) is 7.06. The zero-order valence-corrected chi connectivity index (χ0v) is 17.4. The van der Waals surface area contributed by atoms with Crippen molar-refractivity contribution < 1.29 is 13.9 Å². The summed E-state index contributed by atoms with van der Waals surface area (Å²) in [7, 11) is 3.43. The summed E-state index contributed by atoms with van der Waals surface area (Å²) in [5.41, 5.74) is 1.94. The van der Waals surface area contributed by atoms with Gasteiger partial charge in [-0.3, -0.25) is 4.79 Å². The van der Waals surface area contributed by atoms with Gasteiger partial charge in [-0.2, -0.15) is 0 Å². The molecule has 1 aromatic carbocycles. The first-order chi connectivity index (χ1) is 13.8. The molecule has 0 spiro atoms. The highest BCUT2D eigenvalue weighted by Gasteiger charge is 2.39. The lowest BCUT2D eigenvalue weighted by Gasteiger charge is -2.26. The van der Waals surface area contributed by atoms with Crippen molar-refractivity contribution in [2.45, 2.75) is 45.2 Å². The number of benzene rings is 1. The first kappa shape index (κ1) is 19.2. The predicted octanol–water partition coefficient (Wildman–Crippen LogP) is 4.34. The van der Waals surface area contributed by atoms with Crippen LogP contribution in [0.2, 0.25) is 0 Å². The number of aryl methyl sites for hydroxylation is 1. The highest BCUT2D eigenvalue weighted by molar-refractivity contribution is 6.10. The molecule has 1 amide bonds. The van der Waals surface area contributed by atoms with Crippen LogP contribution in [-0.2, 0) is 0 Å². The van der Waals surface area contributed by atoms with Gasteiger partial charge in [0.05, 0.1) is 24.1 Å². The standard InChI is InChI=1S/C22H26N4O3/c1-13(15-7-6-8-16(11-15)28-5)26(4)21(27)17-14(2)29-20-18(17)19(23-12-24-20)25-22(3)9-10-22/h6-8,11-13H,9-10H2,1-5H3,(H,23,24,25). The van der Waals surface area contributed by atoms with Crippen molar-refractivity contribution in [1.29, 1.82) is 0 Å². The SMILES string of the molecule is COc1cccc(C(C)N(C)C(=O)c2c(C)oc3ncnc(NC4(C)CC4)c23)c1. The van der Waals surface area contributed by atoms with Crippen molar-refractivity contribution in [2.24, 2.45) is 0 Å². The minimum Gasteiger partial charge on any atom is -0.497 e. The summed E-state index contributed by atoms with van der Waals surface area (Å²) in [6.45, 7) is 5.93. The normalized spacial score (nSPS) is 15.8. The van der Waals surface area contributed by atoms with Crippen molar-refractivity contribution in [1.82, 2.24) is 14.9 Å². The molecule has 29 heavy (non-hydrogen) atoms. The Morgan fingerprint density at radius 2 is 2.10 bits per heavy atom. The number of carbonyl (C=O) groups excluding carboxylic acids is 1. The third kappa shape index (κ3) is 3.52. The first-order valence-electron chi connectivity index (χ1n) is 9.76. The van der Waals surface area contributed by atoms with Gasteiger partial charge in [0.2, 0.25) is 5.71 Å². The number of nitrogens with one attached hydrogen (secondary N) is 1. The molecule has 0 bridgehead atoms. The van der Waals surface area contributed by atoms with Crippen molar-refractivity contribution in [3.8, 4) is 5.75 Å². The molecule has 1 unspecified atom stereocenters. The van der Waals surface area contributed by atoms with Crippen molar-refractivity contribution in [3.63, 3.8) is 0 Å². The maximum Gasteiger partial charge on any atom is 0.258 e. The number of furan rings is 1. The van der Waals surface area contributed by atoms with Gasteiger partial charge in [-0.25, -0.2) is 9.97 Å². The highest BCUT2D eigenvalue weighted by atomic mass is 16.5. The minimum atomic E-state index is -0.149. The van der Waals surface area contributed by atoms with Gasteiger partial charge in [0.1, 0.15) is 23.7 Å². The number of carbonyl (C=O) groups is 1. The van der Waals surface area contributed by atoms with Gasteiger partial charge in [0.15, 0.2) is 0 Å². The van der Waals surface area contributed by atoms with Crippen LogP contribution in [0, 0.1) is 6.92 Å². The lowest BCUT2D eigenvalue weighted by atomic mass is 10.0. The van der Waals surface area contributed by atoms with E-state index in [1.165, 1.54) is 6.33 Å². The molecule has 0 radical (unpaired) electrons. The van der Waals surface area contributed by atoms with Gasteiger partial charge in [0.25, 0.3) is 5.91 Å². The van der Waals surface area contributed by atoms with E-state index in [4.69, 9.17) is 9.15 Å². The molecule has 152 valence electrons. The van der Waals surface area contributed by atoms with E-state index in [0.717, 1.165) is 24.2 Å². The Morgan fingerprint density at radius 1 is 1.34 bits per heavy atom. The van der Waals surface area contributed by atoms with Gasteiger partial charge >= 0.3 is 0 Å². The predicted molar refractivity (Wildman–Crippen MR) is 111 cm³/mol. The average Bonchev–Trinajstić information content (AvgIpc) is 3.34. The molecule has 1 N–H and O–H groups in total. The third-order valence-corrected chi connectivity index (χ3v) is 5.78. The fraction of sp³-hybridized carbons (Fsp3) is 0.409. The Morgan fingerprint density at radius 3 is 2.79 bits per heavy atom. The number of amides is 1.